The lowest BCUT2D eigenvalue weighted by Gasteiger charge is -2.09. The van der Waals surface area contributed by atoms with E-state index in [1.165, 1.54) is 0 Å². The van der Waals surface area contributed by atoms with E-state index in [9.17, 15) is 9.59 Å². The first-order valence-electron chi connectivity index (χ1n) is 4.98. The molecular weight excluding hydrogens is 206 g/mol. The molecule has 84 valence electrons. The Kier molecular flexibility index (Phi) is 2.30. The molecule has 2 rings (SSSR count). The van der Waals surface area contributed by atoms with Crippen molar-refractivity contribution in [2.45, 2.75) is 20.8 Å². The number of nitrogens with zero attached hydrogens (tertiary/aromatic N) is 1. The molecule has 0 bridgehead atoms. The minimum absolute atomic E-state index is 0.444. The first-order chi connectivity index (χ1) is 7.50. The molecule has 0 amide bonds. The molecule has 1 aromatic carbocycles. The van der Waals surface area contributed by atoms with Crippen LogP contribution in [0.5, 0.6) is 0 Å². The van der Waals surface area contributed by atoms with Crippen LogP contribution in [-0.4, -0.2) is 14.8 Å². The fourth-order valence-electron chi connectivity index (χ4n) is 2.04. The number of rotatable bonds is 1. The fraction of sp³-hybridized carbons (Fsp3) is 0.273. The third-order valence-corrected chi connectivity index (χ3v) is 2.54. The smallest absolute Gasteiger partial charge is 0.247 e. The van der Waals surface area contributed by atoms with Crippen LogP contribution in [0, 0.1) is 20.8 Å². The molecule has 1 heterocycles. The predicted octanol–water partition coefficient (Wildman–Crippen LogP) is 0.779. The molecule has 1 aromatic heterocycles. The number of hydrogen-bond acceptors (Lipinski definition) is 2. The lowest BCUT2D eigenvalue weighted by atomic mass is 10.1. The summed E-state index contributed by atoms with van der Waals surface area (Å²) in [7, 11) is 0. The highest BCUT2D eigenvalue weighted by Gasteiger charge is 2.11. The van der Waals surface area contributed by atoms with Gasteiger partial charge in [0.15, 0.2) is 0 Å². The number of aromatic nitrogens is 3. The van der Waals surface area contributed by atoms with Crippen molar-refractivity contribution in [1.82, 2.24) is 14.8 Å². The first-order valence-corrected chi connectivity index (χ1v) is 4.98. The topological polar surface area (TPSA) is 70.7 Å². The van der Waals surface area contributed by atoms with Gasteiger partial charge in [0.1, 0.15) is 0 Å². The Hall–Kier alpha value is -2.04. The number of H-pyrrole nitrogens is 2. The van der Waals surface area contributed by atoms with Crippen molar-refractivity contribution >= 4 is 0 Å². The molecule has 0 saturated carbocycles. The summed E-state index contributed by atoms with van der Waals surface area (Å²) in [6.45, 7) is 5.75. The number of benzene rings is 1. The number of hydrogen-bond donors (Lipinski definition) is 2. The highest BCUT2D eigenvalue weighted by molar-refractivity contribution is 5.48. The molecule has 0 saturated heterocycles. The van der Waals surface area contributed by atoms with Crippen LogP contribution in [-0.2, 0) is 0 Å². The zero-order chi connectivity index (χ0) is 11.9. The van der Waals surface area contributed by atoms with Gasteiger partial charge in [0.2, 0.25) is 0 Å². The minimum atomic E-state index is -0.444. The summed E-state index contributed by atoms with van der Waals surface area (Å²) < 4.78 is 1.12. The summed E-state index contributed by atoms with van der Waals surface area (Å²) >= 11 is 0. The second-order valence-corrected chi connectivity index (χ2v) is 3.94. The Labute approximate surface area is 91.7 Å². The molecule has 0 aliphatic rings. The highest BCUT2D eigenvalue weighted by atomic mass is 16.2. The summed E-state index contributed by atoms with van der Waals surface area (Å²) in [5, 5.41) is 4.55. The SMILES string of the molecule is Cc1cc(C)c(-n2c(=O)[nH][nH]c2=O)c(C)c1. The van der Waals surface area contributed by atoms with Gasteiger partial charge in [-0.25, -0.2) is 24.4 Å². The van der Waals surface area contributed by atoms with Crippen LogP contribution in [0.3, 0.4) is 0 Å². The molecule has 0 radical (unpaired) electrons. The largest absolute Gasteiger partial charge is 0.349 e. The maximum atomic E-state index is 11.5. The van der Waals surface area contributed by atoms with Gasteiger partial charge in [-0.15, -0.1) is 0 Å². The zero-order valence-electron chi connectivity index (χ0n) is 9.42. The van der Waals surface area contributed by atoms with Gasteiger partial charge in [-0.1, -0.05) is 17.7 Å². The van der Waals surface area contributed by atoms with E-state index in [-0.39, 0.29) is 0 Å². The van der Waals surface area contributed by atoms with Crippen LogP contribution in [0.15, 0.2) is 21.7 Å². The standard InChI is InChI=1S/C11H13N3O2/c1-6-4-7(2)9(8(3)5-6)14-10(15)12-13-11(14)16/h4-5H,1-3H3,(H,12,15)(H,13,16). The summed E-state index contributed by atoms with van der Waals surface area (Å²) in [5.74, 6) is 0. The molecule has 0 aliphatic heterocycles. The summed E-state index contributed by atoms with van der Waals surface area (Å²) in [6, 6.07) is 3.89. The van der Waals surface area contributed by atoms with Crippen LogP contribution in [0.2, 0.25) is 0 Å². The van der Waals surface area contributed by atoms with Gasteiger partial charge in [-0.05, 0) is 31.9 Å². The van der Waals surface area contributed by atoms with Gasteiger partial charge in [-0.3, -0.25) is 0 Å². The minimum Gasteiger partial charge on any atom is -0.247 e. The van der Waals surface area contributed by atoms with Crippen molar-refractivity contribution in [1.29, 1.82) is 0 Å². The molecule has 5 heteroatoms. The van der Waals surface area contributed by atoms with Crippen molar-refractivity contribution in [3.05, 3.63) is 49.8 Å². The second-order valence-electron chi connectivity index (χ2n) is 3.94. The summed E-state index contributed by atoms with van der Waals surface area (Å²) in [5.41, 5.74) is 2.69. The van der Waals surface area contributed by atoms with Crippen molar-refractivity contribution in [2.75, 3.05) is 0 Å². The lowest BCUT2D eigenvalue weighted by molar-refractivity contribution is 0.928. The molecule has 16 heavy (non-hydrogen) atoms. The van der Waals surface area contributed by atoms with Crippen LogP contribution in [0.4, 0.5) is 0 Å². The molecule has 0 fully saturated rings. The molecule has 5 nitrogen and oxygen atoms in total. The number of nitrogens with one attached hydrogen (secondary N) is 2. The zero-order valence-corrected chi connectivity index (χ0v) is 9.42. The van der Waals surface area contributed by atoms with E-state index in [0.29, 0.717) is 5.69 Å². The van der Waals surface area contributed by atoms with Crippen LogP contribution >= 0.6 is 0 Å². The average molecular weight is 219 g/mol. The molecule has 2 aromatic rings. The molecular formula is C11H13N3O2. The van der Waals surface area contributed by atoms with Gasteiger partial charge in [-0.2, -0.15) is 0 Å². The molecule has 0 aliphatic carbocycles. The van der Waals surface area contributed by atoms with Gasteiger partial charge >= 0.3 is 11.4 Å². The van der Waals surface area contributed by atoms with E-state index < -0.39 is 11.4 Å². The Balaban J connectivity index is 2.85. The van der Waals surface area contributed by atoms with Crippen molar-refractivity contribution < 1.29 is 0 Å². The number of aryl methyl sites for hydroxylation is 3. The van der Waals surface area contributed by atoms with Gasteiger partial charge < -0.3 is 0 Å². The van der Waals surface area contributed by atoms with E-state index in [2.05, 4.69) is 10.2 Å². The quantitative estimate of drug-likeness (QED) is 0.744. The first kappa shape index (κ1) is 10.5. The fourth-order valence-corrected chi connectivity index (χ4v) is 2.04. The van der Waals surface area contributed by atoms with Gasteiger partial charge in [0.25, 0.3) is 0 Å². The second kappa shape index (κ2) is 3.52. The summed E-state index contributed by atoms with van der Waals surface area (Å²) in [6.07, 6.45) is 0. The van der Waals surface area contributed by atoms with Crippen LogP contribution in [0.1, 0.15) is 16.7 Å². The summed E-state index contributed by atoms with van der Waals surface area (Å²) in [4.78, 5) is 23.0. The lowest BCUT2D eigenvalue weighted by Crippen LogP contribution is -2.26. The van der Waals surface area contributed by atoms with E-state index in [4.69, 9.17) is 0 Å². The molecule has 0 unspecified atom stereocenters. The van der Waals surface area contributed by atoms with E-state index in [1.807, 2.05) is 32.9 Å². The van der Waals surface area contributed by atoms with Crippen molar-refractivity contribution in [2.24, 2.45) is 0 Å². The maximum Gasteiger partial charge on any atom is 0.349 e. The van der Waals surface area contributed by atoms with E-state index >= 15 is 0 Å². The van der Waals surface area contributed by atoms with E-state index in [1.54, 1.807) is 0 Å². The van der Waals surface area contributed by atoms with Crippen molar-refractivity contribution in [3.63, 3.8) is 0 Å². The third kappa shape index (κ3) is 1.50. The monoisotopic (exact) mass is 219 g/mol. The van der Waals surface area contributed by atoms with E-state index in [0.717, 1.165) is 21.3 Å². The van der Waals surface area contributed by atoms with Crippen molar-refractivity contribution in [3.8, 4) is 5.69 Å². The highest BCUT2D eigenvalue weighted by Crippen LogP contribution is 2.17. The molecule has 2 N–H and O–H groups in total. The Morgan fingerprint density at radius 3 is 1.81 bits per heavy atom. The van der Waals surface area contributed by atoms with Crippen LogP contribution in [0.25, 0.3) is 5.69 Å². The Morgan fingerprint density at radius 1 is 0.938 bits per heavy atom. The van der Waals surface area contributed by atoms with Gasteiger partial charge in [0, 0.05) is 0 Å². The Bertz CT molecular complexity index is 595. The molecule has 0 spiro atoms. The maximum absolute atomic E-state index is 11.5. The number of aromatic amines is 2. The molecule has 0 atom stereocenters. The predicted molar refractivity (Wildman–Crippen MR) is 61.2 cm³/mol. The van der Waals surface area contributed by atoms with Crippen LogP contribution < -0.4 is 11.4 Å². The third-order valence-electron chi connectivity index (χ3n) is 2.54. The van der Waals surface area contributed by atoms with Gasteiger partial charge in [0.05, 0.1) is 5.69 Å². The average Bonchev–Trinajstić information content (AvgIpc) is 2.47. The normalized spacial score (nSPS) is 10.7. The Morgan fingerprint density at radius 2 is 1.38 bits per heavy atom.